The molecule has 0 amide bonds. The summed E-state index contributed by atoms with van der Waals surface area (Å²) in [6.07, 6.45) is 3.86. The number of fused-ring (bicyclic) bond motifs is 1. The van der Waals surface area contributed by atoms with Crippen LogP contribution in [-0.4, -0.2) is 69.0 Å². The van der Waals surface area contributed by atoms with Crippen molar-refractivity contribution in [3.63, 3.8) is 0 Å². The molecule has 4 heterocycles. The summed E-state index contributed by atoms with van der Waals surface area (Å²) in [5.74, 6) is -0.231. The molecule has 3 aromatic rings. The van der Waals surface area contributed by atoms with Crippen molar-refractivity contribution in [1.82, 2.24) is 24.8 Å². The predicted molar refractivity (Wildman–Crippen MR) is 144 cm³/mol. The number of rotatable bonds is 7. The van der Waals surface area contributed by atoms with E-state index in [1.807, 2.05) is 31.6 Å². The highest BCUT2D eigenvalue weighted by molar-refractivity contribution is 5.61. The van der Waals surface area contributed by atoms with Gasteiger partial charge in [-0.3, -0.25) is 9.88 Å². The normalized spacial score (nSPS) is 22.3. The van der Waals surface area contributed by atoms with Crippen molar-refractivity contribution in [2.45, 2.75) is 71.3 Å². The number of hydrogen-bond donors (Lipinski definition) is 2. The number of aliphatic hydroxyl groups excluding tert-OH is 1. The average Bonchev–Trinajstić information content (AvgIpc) is 3.32. The van der Waals surface area contributed by atoms with Gasteiger partial charge in [0.15, 0.2) is 0 Å². The number of nitrogens with zero attached hydrogens (tertiary/aromatic N) is 5. The minimum absolute atomic E-state index is 0.160. The number of halogens is 1. The van der Waals surface area contributed by atoms with Gasteiger partial charge in [-0.15, -0.1) is 0 Å². The van der Waals surface area contributed by atoms with Crippen molar-refractivity contribution < 1.29 is 9.50 Å². The molecule has 7 nitrogen and oxygen atoms in total. The monoisotopic (exact) mass is 506 g/mol. The third-order valence-electron chi connectivity index (χ3n) is 8.00. The zero-order chi connectivity index (χ0) is 26.3. The Morgan fingerprint density at radius 2 is 1.92 bits per heavy atom. The fraction of sp³-hybridized carbons (Fsp3) is 0.517. The molecule has 8 heteroatoms. The van der Waals surface area contributed by atoms with E-state index in [1.165, 1.54) is 17.8 Å². The van der Waals surface area contributed by atoms with Crippen LogP contribution in [0.25, 0.3) is 0 Å². The van der Waals surface area contributed by atoms with E-state index in [2.05, 4.69) is 58.4 Å². The Hall–Kier alpha value is -2.81. The first-order chi connectivity index (χ1) is 17.6. The van der Waals surface area contributed by atoms with Crippen molar-refractivity contribution in [2.24, 2.45) is 0 Å². The lowest BCUT2D eigenvalue weighted by Gasteiger charge is -2.42. The van der Waals surface area contributed by atoms with Gasteiger partial charge in [0.05, 0.1) is 23.4 Å². The number of aryl methyl sites for hydroxylation is 1. The van der Waals surface area contributed by atoms with Crippen LogP contribution in [0.1, 0.15) is 49.0 Å². The predicted octanol–water partition coefficient (Wildman–Crippen LogP) is 3.40. The van der Waals surface area contributed by atoms with Crippen molar-refractivity contribution in [3.05, 3.63) is 76.9 Å². The molecular weight excluding hydrogens is 467 g/mol. The lowest BCUT2D eigenvalue weighted by Crippen LogP contribution is -2.59. The van der Waals surface area contributed by atoms with Crippen LogP contribution in [0, 0.1) is 19.7 Å². The number of hydrogen-bond acceptors (Lipinski definition) is 6. The number of imidazole rings is 1. The Morgan fingerprint density at radius 3 is 2.62 bits per heavy atom. The highest BCUT2D eigenvalue weighted by Gasteiger charge is 2.40. The molecule has 0 spiro atoms. The lowest BCUT2D eigenvalue weighted by molar-refractivity contribution is 0.0538. The minimum atomic E-state index is -0.651. The average molecular weight is 507 g/mol. The molecule has 2 N–H and O–H groups in total. The fourth-order valence-corrected chi connectivity index (χ4v) is 5.72. The number of pyridine rings is 1. The number of β-amino-alcohol motifs (C(OH)–C–C–N with tert-alkyl or cyclic N) is 1. The second-order valence-electron chi connectivity index (χ2n) is 11.5. The molecular formula is C29H39FN6O. The van der Waals surface area contributed by atoms with Crippen molar-refractivity contribution in [3.8, 4) is 0 Å². The first-order valence-electron chi connectivity index (χ1n) is 13.2. The Morgan fingerprint density at radius 1 is 1.16 bits per heavy atom. The van der Waals surface area contributed by atoms with Crippen LogP contribution < -0.4 is 10.2 Å². The molecule has 0 aliphatic carbocycles. The second-order valence-corrected chi connectivity index (χ2v) is 11.5. The topological polar surface area (TPSA) is 69.5 Å². The van der Waals surface area contributed by atoms with Crippen LogP contribution in [0.15, 0.2) is 42.9 Å². The molecule has 1 aromatic carbocycles. The molecule has 0 radical (unpaired) electrons. The minimum Gasteiger partial charge on any atom is -0.372 e. The second kappa shape index (κ2) is 10.2. The fourth-order valence-electron chi connectivity index (χ4n) is 5.72. The van der Waals surface area contributed by atoms with Gasteiger partial charge >= 0.3 is 0 Å². The van der Waals surface area contributed by atoms with Gasteiger partial charge in [0.1, 0.15) is 12.0 Å². The summed E-state index contributed by atoms with van der Waals surface area (Å²) in [4.78, 5) is 13.8. The molecule has 1 fully saturated rings. The maximum absolute atomic E-state index is 13.4. The molecule has 37 heavy (non-hydrogen) atoms. The van der Waals surface area contributed by atoms with Gasteiger partial charge in [0.2, 0.25) is 0 Å². The zero-order valence-corrected chi connectivity index (χ0v) is 22.6. The summed E-state index contributed by atoms with van der Waals surface area (Å²) < 4.78 is 15.6. The van der Waals surface area contributed by atoms with Gasteiger partial charge < -0.3 is 19.9 Å². The van der Waals surface area contributed by atoms with Crippen LogP contribution >= 0.6 is 0 Å². The van der Waals surface area contributed by atoms with E-state index in [0.29, 0.717) is 25.6 Å². The lowest BCUT2D eigenvalue weighted by atomic mass is 9.91. The zero-order valence-electron chi connectivity index (χ0n) is 22.6. The molecule has 198 valence electrons. The molecule has 0 saturated carbocycles. The standard InChI is InChI=1S/C29H39FN6O/c1-19-14-34(25(13-31-19)15-35-18-33-20(2)21(35)3)16-27(37)36-17-29(4,5)28-26(36)11-23(12-32-28)10-22-6-8-24(30)9-7-22/h6-9,11-12,18-19,25,27,31,37H,10,13-17H2,1-5H3/t19-,25-,27?/m1/s1. The number of aliphatic hydroxyl groups is 1. The summed E-state index contributed by atoms with van der Waals surface area (Å²) in [6.45, 7) is 14.6. The summed E-state index contributed by atoms with van der Waals surface area (Å²) in [7, 11) is 0. The van der Waals surface area contributed by atoms with Gasteiger partial charge in [-0.05, 0) is 56.5 Å². The van der Waals surface area contributed by atoms with Crippen molar-refractivity contribution >= 4 is 5.69 Å². The Balaban J connectivity index is 1.35. The number of piperazine rings is 1. The summed E-state index contributed by atoms with van der Waals surface area (Å²) in [5.41, 5.74) is 6.20. The number of anilines is 1. The van der Waals surface area contributed by atoms with E-state index < -0.39 is 6.23 Å². The quantitative estimate of drug-likeness (QED) is 0.512. The maximum Gasteiger partial charge on any atom is 0.139 e. The van der Waals surface area contributed by atoms with Gasteiger partial charge in [-0.25, -0.2) is 9.37 Å². The van der Waals surface area contributed by atoms with Gasteiger partial charge in [0.25, 0.3) is 0 Å². The highest BCUT2D eigenvalue weighted by atomic mass is 19.1. The van der Waals surface area contributed by atoms with E-state index >= 15 is 0 Å². The molecule has 2 aromatic heterocycles. The third kappa shape index (κ3) is 5.42. The van der Waals surface area contributed by atoms with E-state index in [9.17, 15) is 9.50 Å². The first-order valence-corrected chi connectivity index (χ1v) is 13.2. The molecule has 5 rings (SSSR count). The smallest absolute Gasteiger partial charge is 0.139 e. The van der Waals surface area contributed by atoms with Crippen LogP contribution in [0.3, 0.4) is 0 Å². The molecule has 2 aliphatic rings. The Kier molecular flexibility index (Phi) is 7.09. The number of nitrogens with one attached hydrogen (secondary N) is 1. The number of benzene rings is 1. The van der Waals surface area contributed by atoms with E-state index in [4.69, 9.17) is 4.98 Å². The summed E-state index contributed by atoms with van der Waals surface area (Å²) in [6, 6.07) is 9.39. The SMILES string of the molecule is Cc1ncn(C[C@H]2CN[C@H](C)CN2CC(O)N2CC(C)(C)c3ncc(Cc4ccc(F)cc4)cc32)c1C. The Bertz CT molecular complexity index is 1240. The molecule has 1 saturated heterocycles. The van der Waals surface area contributed by atoms with Gasteiger partial charge in [-0.2, -0.15) is 0 Å². The van der Waals surface area contributed by atoms with Crippen molar-refractivity contribution in [1.29, 1.82) is 0 Å². The van der Waals surface area contributed by atoms with Crippen LogP contribution in [0.2, 0.25) is 0 Å². The van der Waals surface area contributed by atoms with Crippen LogP contribution in [-0.2, 0) is 18.4 Å². The largest absolute Gasteiger partial charge is 0.372 e. The Labute approximate surface area is 219 Å². The number of aromatic nitrogens is 3. The van der Waals surface area contributed by atoms with E-state index in [0.717, 1.165) is 47.8 Å². The molecule has 0 bridgehead atoms. The van der Waals surface area contributed by atoms with Crippen LogP contribution in [0.4, 0.5) is 10.1 Å². The molecule has 3 atom stereocenters. The molecule has 2 aliphatic heterocycles. The van der Waals surface area contributed by atoms with Gasteiger partial charge in [-0.1, -0.05) is 26.0 Å². The van der Waals surface area contributed by atoms with Crippen molar-refractivity contribution in [2.75, 3.05) is 31.1 Å². The highest BCUT2D eigenvalue weighted by Crippen LogP contribution is 2.40. The van der Waals surface area contributed by atoms with E-state index in [1.54, 1.807) is 0 Å². The summed E-state index contributed by atoms with van der Waals surface area (Å²) in [5, 5.41) is 15.2. The van der Waals surface area contributed by atoms with Crippen LogP contribution in [0.5, 0.6) is 0 Å². The summed E-state index contributed by atoms with van der Waals surface area (Å²) >= 11 is 0. The first kappa shape index (κ1) is 25.8. The van der Waals surface area contributed by atoms with Gasteiger partial charge in [0, 0.05) is 62.1 Å². The van der Waals surface area contributed by atoms with E-state index in [-0.39, 0.29) is 17.3 Å². The maximum atomic E-state index is 13.4. The molecule has 1 unspecified atom stereocenters. The third-order valence-corrected chi connectivity index (χ3v) is 8.00.